The highest BCUT2D eigenvalue weighted by Gasteiger charge is 2.18. The fourth-order valence-electron chi connectivity index (χ4n) is 2.47. The van der Waals surface area contributed by atoms with E-state index in [1.807, 2.05) is 29.6 Å². The van der Waals surface area contributed by atoms with Crippen LogP contribution in [-0.4, -0.2) is 37.0 Å². The van der Waals surface area contributed by atoms with Crippen LogP contribution in [0.25, 0.3) is 0 Å². The number of hydrogen-bond donors (Lipinski definition) is 1. The van der Waals surface area contributed by atoms with Gasteiger partial charge in [-0.25, -0.2) is 4.98 Å². The lowest BCUT2D eigenvalue weighted by Gasteiger charge is -2.24. The predicted molar refractivity (Wildman–Crippen MR) is 99.4 cm³/mol. The fraction of sp³-hybridized carbons (Fsp3) is 0.389. The Kier molecular flexibility index (Phi) is 6.70. The number of aromatic nitrogens is 1. The van der Waals surface area contributed by atoms with Crippen LogP contribution in [0.5, 0.6) is 0 Å². The SMILES string of the molecule is CCOC(=O)Cc1csc(NN=Cc2ccccc2C2OCCCO2)n1. The zero-order valence-corrected chi connectivity index (χ0v) is 15.3. The Hall–Kier alpha value is -2.29. The van der Waals surface area contributed by atoms with Gasteiger partial charge in [-0.3, -0.25) is 10.2 Å². The van der Waals surface area contributed by atoms with Crippen molar-refractivity contribution in [1.29, 1.82) is 0 Å². The smallest absolute Gasteiger partial charge is 0.311 e. The molecule has 0 saturated carbocycles. The summed E-state index contributed by atoms with van der Waals surface area (Å²) in [6.07, 6.45) is 2.42. The highest BCUT2D eigenvalue weighted by atomic mass is 32.1. The third kappa shape index (κ3) is 5.10. The monoisotopic (exact) mass is 375 g/mol. The second-order valence-corrected chi connectivity index (χ2v) is 6.41. The number of carbonyl (C=O) groups is 1. The first-order valence-corrected chi connectivity index (χ1v) is 9.35. The number of ether oxygens (including phenoxy) is 3. The van der Waals surface area contributed by atoms with Gasteiger partial charge in [0, 0.05) is 16.5 Å². The first kappa shape index (κ1) is 18.5. The molecule has 2 heterocycles. The molecule has 0 bridgehead atoms. The van der Waals surface area contributed by atoms with Gasteiger partial charge in [0.25, 0.3) is 0 Å². The molecule has 2 aromatic rings. The summed E-state index contributed by atoms with van der Waals surface area (Å²) in [5.41, 5.74) is 5.41. The number of benzene rings is 1. The third-order valence-electron chi connectivity index (χ3n) is 3.62. The molecule has 1 saturated heterocycles. The zero-order chi connectivity index (χ0) is 18.2. The van der Waals surface area contributed by atoms with Gasteiger partial charge in [0.15, 0.2) is 6.29 Å². The van der Waals surface area contributed by atoms with Crippen LogP contribution in [0.4, 0.5) is 5.13 Å². The van der Waals surface area contributed by atoms with E-state index in [0.29, 0.717) is 30.6 Å². The van der Waals surface area contributed by atoms with Crippen molar-refractivity contribution in [2.75, 3.05) is 25.2 Å². The van der Waals surface area contributed by atoms with Crippen molar-refractivity contribution in [3.8, 4) is 0 Å². The van der Waals surface area contributed by atoms with E-state index in [-0.39, 0.29) is 18.7 Å². The number of hydrogen-bond acceptors (Lipinski definition) is 8. The molecular formula is C18H21N3O4S. The van der Waals surface area contributed by atoms with Crippen molar-refractivity contribution >= 4 is 28.7 Å². The molecule has 0 aliphatic carbocycles. The number of hydrazone groups is 1. The maximum atomic E-state index is 11.5. The van der Waals surface area contributed by atoms with Crippen LogP contribution in [0, 0.1) is 0 Å². The summed E-state index contributed by atoms with van der Waals surface area (Å²) in [6.45, 7) is 3.53. The van der Waals surface area contributed by atoms with Crippen molar-refractivity contribution in [3.05, 3.63) is 46.5 Å². The standard InChI is InChI=1S/C18H21N3O4S/c1-2-23-16(22)10-14-12-26-18(20-14)21-19-11-13-6-3-4-7-15(13)17-24-8-5-9-25-17/h3-4,6-7,11-12,17H,2,5,8-10H2,1H3,(H,20,21). The van der Waals surface area contributed by atoms with Crippen molar-refractivity contribution in [2.45, 2.75) is 26.1 Å². The second kappa shape index (κ2) is 9.42. The highest BCUT2D eigenvalue weighted by Crippen LogP contribution is 2.25. The summed E-state index contributed by atoms with van der Waals surface area (Å²) >= 11 is 1.38. The van der Waals surface area contributed by atoms with Gasteiger partial charge in [0.2, 0.25) is 5.13 Å². The Balaban J connectivity index is 1.61. The van der Waals surface area contributed by atoms with Crippen LogP contribution in [0.1, 0.15) is 36.5 Å². The Morgan fingerprint density at radius 3 is 3.04 bits per heavy atom. The number of nitrogens with zero attached hydrogens (tertiary/aromatic N) is 2. The molecule has 0 radical (unpaired) electrons. The van der Waals surface area contributed by atoms with Crippen LogP contribution in [0.15, 0.2) is 34.7 Å². The van der Waals surface area contributed by atoms with Crippen LogP contribution >= 0.6 is 11.3 Å². The zero-order valence-electron chi connectivity index (χ0n) is 14.5. The number of thiazole rings is 1. The molecular weight excluding hydrogens is 354 g/mol. The minimum absolute atomic E-state index is 0.162. The van der Waals surface area contributed by atoms with E-state index < -0.39 is 0 Å². The Morgan fingerprint density at radius 2 is 2.23 bits per heavy atom. The summed E-state index contributed by atoms with van der Waals surface area (Å²) in [7, 11) is 0. The normalized spacial score (nSPS) is 15.3. The number of rotatable bonds is 7. The van der Waals surface area contributed by atoms with Gasteiger partial charge in [-0.05, 0) is 13.3 Å². The van der Waals surface area contributed by atoms with E-state index >= 15 is 0 Å². The lowest BCUT2D eigenvalue weighted by atomic mass is 10.1. The van der Waals surface area contributed by atoms with E-state index in [1.165, 1.54) is 11.3 Å². The lowest BCUT2D eigenvalue weighted by molar-refractivity contribution is -0.183. The van der Waals surface area contributed by atoms with Crippen molar-refractivity contribution in [2.24, 2.45) is 5.10 Å². The highest BCUT2D eigenvalue weighted by molar-refractivity contribution is 7.13. The summed E-state index contributed by atoms with van der Waals surface area (Å²) in [4.78, 5) is 15.8. The lowest BCUT2D eigenvalue weighted by Crippen LogP contribution is -2.18. The number of esters is 1. The van der Waals surface area contributed by atoms with Gasteiger partial charge in [-0.2, -0.15) is 5.10 Å². The van der Waals surface area contributed by atoms with E-state index in [4.69, 9.17) is 14.2 Å². The number of nitrogens with one attached hydrogen (secondary N) is 1. The van der Waals surface area contributed by atoms with Crippen LogP contribution < -0.4 is 5.43 Å². The molecule has 26 heavy (non-hydrogen) atoms. The fourth-order valence-corrected chi connectivity index (χ4v) is 3.13. The maximum Gasteiger partial charge on any atom is 0.311 e. The minimum atomic E-state index is -0.359. The van der Waals surface area contributed by atoms with E-state index in [2.05, 4.69) is 15.5 Å². The molecule has 0 atom stereocenters. The number of carbonyl (C=O) groups excluding carboxylic acids is 1. The Morgan fingerprint density at radius 1 is 1.42 bits per heavy atom. The average molecular weight is 375 g/mol. The predicted octanol–water partition coefficient (Wildman–Crippen LogP) is 3.13. The first-order chi connectivity index (χ1) is 12.8. The van der Waals surface area contributed by atoms with E-state index in [1.54, 1.807) is 13.1 Å². The Bertz CT molecular complexity index is 756. The van der Waals surface area contributed by atoms with E-state index in [0.717, 1.165) is 17.5 Å². The average Bonchev–Trinajstić information content (AvgIpc) is 3.10. The largest absolute Gasteiger partial charge is 0.466 e. The molecule has 1 fully saturated rings. The molecule has 8 heteroatoms. The molecule has 1 aliphatic heterocycles. The second-order valence-electron chi connectivity index (χ2n) is 5.55. The van der Waals surface area contributed by atoms with Crippen LogP contribution in [0.2, 0.25) is 0 Å². The first-order valence-electron chi connectivity index (χ1n) is 8.47. The summed E-state index contributed by atoms with van der Waals surface area (Å²) in [6, 6.07) is 7.81. The van der Waals surface area contributed by atoms with Gasteiger partial charge in [-0.15, -0.1) is 11.3 Å². The molecule has 7 nitrogen and oxygen atoms in total. The topological polar surface area (TPSA) is 82.0 Å². The summed E-state index contributed by atoms with van der Waals surface area (Å²) < 4.78 is 16.3. The molecule has 0 unspecified atom stereocenters. The maximum absolute atomic E-state index is 11.5. The van der Waals surface area contributed by atoms with Crippen molar-refractivity contribution in [3.63, 3.8) is 0 Å². The molecule has 1 aromatic carbocycles. The van der Waals surface area contributed by atoms with Gasteiger partial charge in [0.1, 0.15) is 0 Å². The van der Waals surface area contributed by atoms with Gasteiger partial charge >= 0.3 is 5.97 Å². The quantitative estimate of drug-likeness (QED) is 0.455. The van der Waals surface area contributed by atoms with E-state index in [9.17, 15) is 4.79 Å². The van der Waals surface area contributed by atoms with Gasteiger partial charge in [0.05, 0.1) is 38.1 Å². The molecule has 0 spiro atoms. The molecule has 1 N–H and O–H groups in total. The van der Waals surface area contributed by atoms with Crippen LogP contribution in [0.3, 0.4) is 0 Å². The van der Waals surface area contributed by atoms with Gasteiger partial charge in [-0.1, -0.05) is 24.3 Å². The van der Waals surface area contributed by atoms with Gasteiger partial charge < -0.3 is 14.2 Å². The summed E-state index contributed by atoms with van der Waals surface area (Å²) in [5.74, 6) is -0.283. The molecule has 138 valence electrons. The van der Waals surface area contributed by atoms with Crippen molar-refractivity contribution < 1.29 is 19.0 Å². The molecule has 1 aromatic heterocycles. The third-order valence-corrected chi connectivity index (χ3v) is 4.42. The Labute approximate surface area is 156 Å². The van der Waals surface area contributed by atoms with Crippen LogP contribution in [-0.2, 0) is 25.4 Å². The molecule has 0 amide bonds. The minimum Gasteiger partial charge on any atom is -0.466 e. The molecule has 1 aliphatic rings. The molecule has 3 rings (SSSR count). The van der Waals surface area contributed by atoms with Crippen molar-refractivity contribution in [1.82, 2.24) is 4.98 Å². The summed E-state index contributed by atoms with van der Waals surface area (Å²) in [5, 5.41) is 6.67. The number of anilines is 1.